The van der Waals surface area contributed by atoms with Gasteiger partial charge in [0.2, 0.25) is 0 Å². The van der Waals surface area contributed by atoms with E-state index in [1.807, 2.05) is 37.3 Å². The first kappa shape index (κ1) is 23.5. The van der Waals surface area contributed by atoms with Crippen LogP contribution >= 0.6 is 11.6 Å². The van der Waals surface area contributed by atoms with E-state index >= 15 is 0 Å². The van der Waals surface area contributed by atoms with E-state index in [9.17, 15) is 9.59 Å². The highest BCUT2D eigenvalue weighted by Gasteiger charge is 2.21. The van der Waals surface area contributed by atoms with Crippen molar-refractivity contribution in [3.05, 3.63) is 69.1 Å². The fraction of sp³-hybridized carbons (Fsp3) is 0.333. The molecule has 8 heteroatoms. The molecule has 2 aromatic carbocycles. The number of amides is 1. The summed E-state index contributed by atoms with van der Waals surface area (Å²) < 4.78 is 14.6. The average molecular weight is 458 g/mol. The quantitative estimate of drug-likeness (QED) is 0.460. The van der Waals surface area contributed by atoms with Crippen LogP contribution in [0.3, 0.4) is 0 Å². The molecule has 3 aromatic rings. The van der Waals surface area contributed by atoms with Crippen LogP contribution in [0.25, 0.3) is 5.69 Å². The predicted molar refractivity (Wildman–Crippen MR) is 127 cm³/mol. The van der Waals surface area contributed by atoms with E-state index in [1.165, 1.54) is 10.7 Å². The van der Waals surface area contributed by atoms with E-state index in [0.29, 0.717) is 36.1 Å². The molecule has 1 amide bonds. The number of unbranched alkanes of at least 4 members (excludes halogenated alkanes) is 1. The van der Waals surface area contributed by atoms with Crippen LogP contribution in [0.2, 0.25) is 5.02 Å². The van der Waals surface area contributed by atoms with Crippen LogP contribution < -0.4 is 20.3 Å². The standard InChI is InChI=1S/C24H28ClN3O4/c1-5-7-13-32-22-19(25)14-17(15-20(22)31-6-2)23(29)26-21-16(3)27(4)28(24(21)30)18-11-9-8-10-12-18/h8-12,14-15H,5-7,13H2,1-4H3,(H,26,29). The van der Waals surface area contributed by atoms with Gasteiger partial charge in [-0.05, 0) is 44.5 Å². The molecule has 0 aliphatic heterocycles. The number of hydrogen-bond acceptors (Lipinski definition) is 4. The van der Waals surface area contributed by atoms with Crippen molar-refractivity contribution in [2.24, 2.45) is 7.05 Å². The van der Waals surface area contributed by atoms with E-state index in [4.69, 9.17) is 21.1 Å². The lowest BCUT2D eigenvalue weighted by molar-refractivity contribution is 0.102. The van der Waals surface area contributed by atoms with Crippen molar-refractivity contribution in [1.29, 1.82) is 0 Å². The van der Waals surface area contributed by atoms with Crippen molar-refractivity contribution in [3.8, 4) is 17.2 Å². The van der Waals surface area contributed by atoms with Crippen LogP contribution in [-0.2, 0) is 7.05 Å². The summed E-state index contributed by atoms with van der Waals surface area (Å²) in [5.74, 6) is 0.354. The monoisotopic (exact) mass is 457 g/mol. The van der Waals surface area contributed by atoms with Crippen molar-refractivity contribution in [1.82, 2.24) is 9.36 Å². The fourth-order valence-corrected chi connectivity index (χ4v) is 3.58. The zero-order valence-electron chi connectivity index (χ0n) is 18.8. The molecule has 0 aliphatic carbocycles. The average Bonchev–Trinajstić information content (AvgIpc) is 2.99. The largest absolute Gasteiger partial charge is 0.490 e. The SMILES string of the molecule is CCCCOc1c(Cl)cc(C(=O)Nc2c(C)n(C)n(-c3ccccc3)c2=O)cc1OCC. The Morgan fingerprint density at radius 2 is 1.84 bits per heavy atom. The third-order valence-corrected chi connectivity index (χ3v) is 5.39. The Balaban J connectivity index is 1.93. The molecule has 0 saturated carbocycles. The number of nitrogens with zero attached hydrogens (tertiary/aromatic N) is 2. The van der Waals surface area contributed by atoms with E-state index < -0.39 is 5.91 Å². The van der Waals surface area contributed by atoms with Crippen molar-refractivity contribution in [2.75, 3.05) is 18.5 Å². The Morgan fingerprint density at radius 3 is 2.50 bits per heavy atom. The maximum Gasteiger partial charge on any atom is 0.295 e. The van der Waals surface area contributed by atoms with Crippen LogP contribution in [-0.4, -0.2) is 28.5 Å². The molecule has 1 aromatic heterocycles. The first-order valence-corrected chi connectivity index (χ1v) is 11.0. The number of nitrogens with one attached hydrogen (secondary N) is 1. The molecule has 170 valence electrons. The van der Waals surface area contributed by atoms with Gasteiger partial charge in [0, 0.05) is 12.6 Å². The summed E-state index contributed by atoms with van der Waals surface area (Å²) in [5, 5.41) is 3.03. The van der Waals surface area contributed by atoms with E-state index in [1.54, 1.807) is 24.7 Å². The molecule has 0 fully saturated rings. The number of benzene rings is 2. The van der Waals surface area contributed by atoms with E-state index in [2.05, 4.69) is 12.2 Å². The highest BCUT2D eigenvalue weighted by atomic mass is 35.5. The number of aromatic nitrogens is 2. The Labute approximate surface area is 192 Å². The maximum absolute atomic E-state index is 13.1. The Kier molecular flexibility index (Phi) is 7.64. The lowest BCUT2D eigenvalue weighted by atomic mass is 10.1. The highest BCUT2D eigenvalue weighted by Crippen LogP contribution is 2.37. The molecule has 1 heterocycles. The zero-order chi connectivity index (χ0) is 23.3. The van der Waals surface area contributed by atoms with Gasteiger partial charge in [0.05, 0.1) is 29.6 Å². The van der Waals surface area contributed by atoms with Gasteiger partial charge in [-0.25, -0.2) is 4.68 Å². The van der Waals surface area contributed by atoms with Crippen LogP contribution in [0.5, 0.6) is 11.5 Å². The van der Waals surface area contributed by atoms with Gasteiger partial charge in [-0.1, -0.05) is 43.1 Å². The second kappa shape index (κ2) is 10.4. The van der Waals surface area contributed by atoms with Crippen molar-refractivity contribution >= 4 is 23.2 Å². The summed E-state index contributed by atoms with van der Waals surface area (Å²) >= 11 is 6.41. The number of rotatable bonds is 9. The molecule has 0 saturated heterocycles. The number of carbonyl (C=O) groups is 1. The molecule has 0 spiro atoms. The van der Waals surface area contributed by atoms with Gasteiger partial charge in [-0.3, -0.25) is 14.3 Å². The van der Waals surface area contributed by atoms with Crippen LogP contribution in [0, 0.1) is 6.92 Å². The molecule has 0 aliphatic rings. The molecule has 0 radical (unpaired) electrons. The molecule has 3 rings (SSSR count). The fourth-order valence-electron chi connectivity index (χ4n) is 3.32. The van der Waals surface area contributed by atoms with E-state index in [0.717, 1.165) is 12.8 Å². The number of ether oxygens (including phenoxy) is 2. The van der Waals surface area contributed by atoms with Crippen LogP contribution in [0.4, 0.5) is 5.69 Å². The van der Waals surface area contributed by atoms with Gasteiger partial charge in [0.25, 0.3) is 11.5 Å². The summed E-state index contributed by atoms with van der Waals surface area (Å²) in [6.07, 6.45) is 1.87. The number of anilines is 1. The Hall–Kier alpha value is -3.19. The molecule has 32 heavy (non-hydrogen) atoms. The van der Waals surface area contributed by atoms with Gasteiger partial charge in [-0.2, -0.15) is 0 Å². The van der Waals surface area contributed by atoms with Crippen LogP contribution in [0.15, 0.2) is 47.3 Å². The molecule has 0 atom stereocenters. The maximum atomic E-state index is 13.1. The lowest BCUT2D eigenvalue weighted by Gasteiger charge is -2.15. The predicted octanol–water partition coefficient (Wildman–Crippen LogP) is 4.97. The first-order valence-electron chi connectivity index (χ1n) is 10.6. The molecule has 7 nitrogen and oxygen atoms in total. The second-order valence-corrected chi connectivity index (χ2v) is 7.72. The van der Waals surface area contributed by atoms with Gasteiger partial charge >= 0.3 is 0 Å². The number of para-hydroxylation sites is 1. The van der Waals surface area contributed by atoms with E-state index in [-0.39, 0.29) is 21.8 Å². The third-order valence-electron chi connectivity index (χ3n) is 5.11. The summed E-state index contributed by atoms with van der Waals surface area (Å²) in [6.45, 7) is 6.59. The minimum Gasteiger partial charge on any atom is -0.490 e. The van der Waals surface area contributed by atoms with Gasteiger partial charge in [0.1, 0.15) is 5.69 Å². The Bertz CT molecular complexity index is 1150. The summed E-state index contributed by atoms with van der Waals surface area (Å²) in [5.41, 5.74) is 1.50. The number of carbonyl (C=O) groups excluding carboxylic acids is 1. The van der Waals surface area contributed by atoms with Crippen molar-refractivity contribution < 1.29 is 14.3 Å². The smallest absolute Gasteiger partial charge is 0.295 e. The Morgan fingerprint density at radius 1 is 1.12 bits per heavy atom. The van der Waals surface area contributed by atoms with Gasteiger partial charge in [-0.15, -0.1) is 0 Å². The summed E-state index contributed by atoms with van der Waals surface area (Å²) in [7, 11) is 1.77. The summed E-state index contributed by atoms with van der Waals surface area (Å²) in [6, 6.07) is 12.3. The van der Waals surface area contributed by atoms with Gasteiger partial charge in [0.15, 0.2) is 11.5 Å². The first-order chi connectivity index (χ1) is 15.4. The molecular weight excluding hydrogens is 430 g/mol. The molecular formula is C24H28ClN3O4. The second-order valence-electron chi connectivity index (χ2n) is 7.31. The number of halogens is 1. The van der Waals surface area contributed by atoms with Crippen molar-refractivity contribution in [2.45, 2.75) is 33.6 Å². The van der Waals surface area contributed by atoms with Crippen molar-refractivity contribution in [3.63, 3.8) is 0 Å². The molecule has 0 bridgehead atoms. The topological polar surface area (TPSA) is 74.5 Å². The molecule has 1 N–H and O–H groups in total. The number of hydrogen-bond donors (Lipinski definition) is 1. The summed E-state index contributed by atoms with van der Waals surface area (Å²) in [4.78, 5) is 26.1. The minimum absolute atomic E-state index is 0.207. The normalized spacial score (nSPS) is 10.8. The molecule has 0 unspecified atom stereocenters. The minimum atomic E-state index is -0.459. The highest BCUT2D eigenvalue weighted by molar-refractivity contribution is 6.32. The van der Waals surface area contributed by atoms with Gasteiger partial charge < -0.3 is 14.8 Å². The van der Waals surface area contributed by atoms with Crippen LogP contribution in [0.1, 0.15) is 42.7 Å². The third kappa shape index (κ3) is 4.83. The lowest BCUT2D eigenvalue weighted by Crippen LogP contribution is -2.23. The zero-order valence-corrected chi connectivity index (χ0v) is 19.5.